The Bertz CT molecular complexity index is 827. The molecule has 0 amide bonds. The largest absolute Gasteiger partial charge is 0.507 e. The number of hydrogen-bond acceptors (Lipinski definition) is 3. The average Bonchev–Trinajstić information content (AvgIpc) is 2.50. The molecule has 3 nitrogen and oxygen atoms in total. The zero-order valence-electron chi connectivity index (χ0n) is 16.7. The Labute approximate surface area is 162 Å². The first-order valence-corrected chi connectivity index (χ1v) is 9.21. The number of halogens is 1. The molecule has 0 saturated carbocycles. The average molecular weight is 373 g/mol. The number of phenolic OH excluding ortho intramolecular Hbond substituents is 1. The van der Waals surface area contributed by atoms with Crippen molar-refractivity contribution in [1.29, 1.82) is 0 Å². The van der Waals surface area contributed by atoms with E-state index in [0.717, 1.165) is 16.8 Å². The lowest BCUT2D eigenvalue weighted by Gasteiger charge is -2.26. The summed E-state index contributed by atoms with van der Waals surface area (Å²) in [5.41, 5.74) is 7.41. The van der Waals surface area contributed by atoms with Crippen LogP contribution >= 0.6 is 11.6 Å². The number of anilines is 1. The van der Waals surface area contributed by atoms with Crippen LogP contribution in [0.3, 0.4) is 0 Å². The van der Waals surface area contributed by atoms with E-state index in [1.807, 2.05) is 31.2 Å². The van der Waals surface area contributed by atoms with Crippen molar-refractivity contribution in [3.05, 3.63) is 57.6 Å². The van der Waals surface area contributed by atoms with Crippen LogP contribution in [0.2, 0.25) is 5.02 Å². The second-order valence-electron chi connectivity index (χ2n) is 8.74. The van der Waals surface area contributed by atoms with Crippen molar-refractivity contribution < 1.29 is 5.11 Å². The maximum Gasteiger partial charge on any atom is 0.128 e. The van der Waals surface area contributed by atoms with Crippen molar-refractivity contribution in [2.45, 2.75) is 59.3 Å². The van der Waals surface area contributed by atoms with E-state index < -0.39 is 0 Å². The van der Waals surface area contributed by atoms with Crippen LogP contribution in [0.4, 0.5) is 5.69 Å². The van der Waals surface area contributed by atoms with Crippen molar-refractivity contribution in [1.82, 2.24) is 0 Å². The maximum atomic E-state index is 10.8. The van der Waals surface area contributed by atoms with Crippen LogP contribution in [0.1, 0.15) is 63.8 Å². The molecule has 0 aliphatic heterocycles. The molecule has 0 aliphatic rings. The van der Waals surface area contributed by atoms with Gasteiger partial charge in [0.15, 0.2) is 0 Å². The van der Waals surface area contributed by atoms with Gasteiger partial charge in [-0.2, -0.15) is 5.10 Å². The van der Waals surface area contributed by atoms with Crippen molar-refractivity contribution in [2.24, 2.45) is 5.10 Å². The second-order valence-corrected chi connectivity index (χ2v) is 9.15. The first kappa shape index (κ1) is 20.3. The first-order chi connectivity index (χ1) is 11.9. The van der Waals surface area contributed by atoms with Crippen LogP contribution in [0.15, 0.2) is 35.4 Å². The summed E-state index contributed by atoms with van der Waals surface area (Å²) < 4.78 is 0. The molecule has 2 rings (SSSR count). The number of rotatable bonds is 3. The van der Waals surface area contributed by atoms with Gasteiger partial charge >= 0.3 is 0 Å². The van der Waals surface area contributed by atoms with E-state index in [-0.39, 0.29) is 16.6 Å². The lowest BCUT2D eigenvalue weighted by molar-refractivity contribution is 0.444. The number of benzene rings is 2. The zero-order chi connectivity index (χ0) is 19.7. The van der Waals surface area contributed by atoms with Crippen molar-refractivity contribution in [2.75, 3.05) is 5.43 Å². The number of hydrogen-bond donors (Lipinski definition) is 2. The molecule has 0 spiro atoms. The van der Waals surface area contributed by atoms with E-state index in [2.05, 4.69) is 58.1 Å². The van der Waals surface area contributed by atoms with Gasteiger partial charge in [0.05, 0.1) is 11.9 Å². The van der Waals surface area contributed by atoms with Gasteiger partial charge in [0.2, 0.25) is 0 Å². The molecule has 0 fully saturated rings. The molecular formula is C22H29ClN2O. The second kappa shape index (κ2) is 7.32. The Hall–Kier alpha value is -2.00. The minimum atomic E-state index is -0.162. The fourth-order valence-electron chi connectivity index (χ4n) is 2.66. The minimum Gasteiger partial charge on any atom is -0.507 e. The number of nitrogens with zero attached hydrogens (tertiary/aromatic N) is 1. The molecule has 0 aliphatic carbocycles. The van der Waals surface area contributed by atoms with Gasteiger partial charge < -0.3 is 5.11 Å². The van der Waals surface area contributed by atoms with Gasteiger partial charge in [0, 0.05) is 16.1 Å². The molecule has 2 aromatic carbocycles. The molecule has 0 saturated heterocycles. The number of hydrazone groups is 1. The maximum absolute atomic E-state index is 10.8. The predicted molar refractivity (Wildman–Crippen MR) is 113 cm³/mol. The molecule has 2 aromatic rings. The zero-order valence-corrected chi connectivity index (χ0v) is 17.5. The van der Waals surface area contributed by atoms with Gasteiger partial charge in [-0.05, 0) is 47.1 Å². The fourth-order valence-corrected chi connectivity index (χ4v) is 2.83. The molecule has 26 heavy (non-hydrogen) atoms. The summed E-state index contributed by atoms with van der Waals surface area (Å²) in [4.78, 5) is 0. The van der Waals surface area contributed by atoms with Crippen LogP contribution in [-0.4, -0.2) is 11.3 Å². The van der Waals surface area contributed by atoms with E-state index in [4.69, 9.17) is 11.6 Å². The summed E-state index contributed by atoms with van der Waals surface area (Å²) in [6.45, 7) is 14.7. The molecular weight excluding hydrogens is 344 g/mol. The highest BCUT2D eigenvalue weighted by molar-refractivity contribution is 6.31. The summed E-state index contributed by atoms with van der Waals surface area (Å²) in [6, 6.07) is 9.75. The monoisotopic (exact) mass is 372 g/mol. The summed E-state index contributed by atoms with van der Waals surface area (Å²) in [5.74, 6) is 0.277. The Morgan fingerprint density at radius 1 is 1.04 bits per heavy atom. The van der Waals surface area contributed by atoms with Crippen LogP contribution in [0.5, 0.6) is 5.75 Å². The normalized spacial score (nSPS) is 12.6. The highest BCUT2D eigenvalue weighted by Crippen LogP contribution is 2.37. The molecule has 0 bridgehead atoms. The highest BCUT2D eigenvalue weighted by atomic mass is 35.5. The van der Waals surface area contributed by atoms with Crippen molar-refractivity contribution in [3.63, 3.8) is 0 Å². The molecule has 0 radical (unpaired) electrons. The van der Waals surface area contributed by atoms with Crippen LogP contribution in [-0.2, 0) is 10.8 Å². The number of phenols is 1. The van der Waals surface area contributed by atoms with E-state index in [1.54, 1.807) is 6.21 Å². The van der Waals surface area contributed by atoms with Gasteiger partial charge in [-0.25, -0.2) is 0 Å². The van der Waals surface area contributed by atoms with Crippen LogP contribution in [0, 0.1) is 6.92 Å². The Morgan fingerprint density at radius 3 is 2.27 bits per heavy atom. The molecule has 0 aromatic heterocycles. The van der Waals surface area contributed by atoms with E-state index in [0.29, 0.717) is 10.6 Å². The van der Waals surface area contributed by atoms with Gasteiger partial charge in [-0.1, -0.05) is 65.3 Å². The minimum absolute atomic E-state index is 0.0206. The Kier molecular flexibility index (Phi) is 5.72. The number of aromatic hydroxyl groups is 1. The Balaban J connectivity index is 2.43. The SMILES string of the molecule is Cc1c(Cl)cccc1NN=Cc1cc(C(C)(C)C)cc(C(C)(C)C)c1O. The molecule has 2 N–H and O–H groups in total. The summed E-state index contributed by atoms with van der Waals surface area (Å²) in [5, 5.41) is 15.8. The Morgan fingerprint density at radius 2 is 1.69 bits per heavy atom. The van der Waals surface area contributed by atoms with E-state index >= 15 is 0 Å². The van der Waals surface area contributed by atoms with Gasteiger partial charge in [-0.15, -0.1) is 0 Å². The van der Waals surface area contributed by atoms with Gasteiger partial charge in [0.25, 0.3) is 0 Å². The van der Waals surface area contributed by atoms with Crippen molar-refractivity contribution >= 4 is 23.5 Å². The molecule has 0 heterocycles. The lowest BCUT2D eigenvalue weighted by Crippen LogP contribution is -2.17. The molecule has 4 heteroatoms. The highest BCUT2D eigenvalue weighted by Gasteiger charge is 2.24. The third-order valence-electron chi connectivity index (χ3n) is 4.47. The number of nitrogens with one attached hydrogen (secondary N) is 1. The van der Waals surface area contributed by atoms with Crippen LogP contribution in [0.25, 0.3) is 0 Å². The summed E-state index contributed by atoms with van der Waals surface area (Å²) in [6.07, 6.45) is 1.67. The third-order valence-corrected chi connectivity index (χ3v) is 4.88. The molecule has 0 atom stereocenters. The van der Waals surface area contributed by atoms with Gasteiger partial charge in [-0.3, -0.25) is 5.43 Å². The van der Waals surface area contributed by atoms with E-state index in [9.17, 15) is 5.11 Å². The molecule has 0 unspecified atom stereocenters. The molecule has 140 valence electrons. The van der Waals surface area contributed by atoms with Crippen LogP contribution < -0.4 is 5.43 Å². The predicted octanol–water partition coefficient (Wildman–Crippen LogP) is 6.40. The first-order valence-electron chi connectivity index (χ1n) is 8.83. The summed E-state index contributed by atoms with van der Waals surface area (Å²) in [7, 11) is 0. The smallest absolute Gasteiger partial charge is 0.128 e. The van der Waals surface area contributed by atoms with E-state index in [1.165, 1.54) is 5.56 Å². The van der Waals surface area contributed by atoms with Gasteiger partial charge in [0.1, 0.15) is 5.75 Å². The topological polar surface area (TPSA) is 44.6 Å². The lowest BCUT2D eigenvalue weighted by atomic mass is 9.79. The standard InChI is InChI=1S/C22H29ClN2O/c1-14-18(23)9-8-10-19(14)25-24-13-15-11-16(21(2,3)4)12-17(20(15)26)22(5,6)7/h8-13,25-26H,1-7H3. The fraction of sp³-hybridized carbons (Fsp3) is 0.409. The summed E-state index contributed by atoms with van der Waals surface area (Å²) >= 11 is 6.15. The van der Waals surface area contributed by atoms with Crippen molar-refractivity contribution in [3.8, 4) is 5.75 Å². The third kappa shape index (κ3) is 4.59. The quantitative estimate of drug-likeness (QED) is 0.484.